The molecule has 7 rings (SSSR count). The van der Waals surface area contributed by atoms with E-state index in [9.17, 15) is 33.8 Å². The molecule has 13 nitrogen and oxygen atoms in total. The summed E-state index contributed by atoms with van der Waals surface area (Å²) in [4.78, 5) is 54.9. The third kappa shape index (κ3) is 13.1. The number of aromatic nitrogens is 1. The first-order chi connectivity index (χ1) is 31.5. The number of aromatic amines is 1. The summed E-state index contributed by atoms with van der Waals surface area (Å²) < 4.78 is 20.6. The average Bonchev–Trinajstić information content (AvgIpc) is 3.31. The van der Waals surface area contributed by atoms with Crippen molar-refractivity contribution in [1.29, 1.82) is 0 Å². The number of aliphatic hydroxyl groups excluding tert-OH is 1. The molecule has 6 aromatic rings. The molecule has 7 N–H and O–H groups in total. The van der Waals surface area contributed by atoms with E-state index in [0.717, 1.165) is 40.9 Å². The minimum absolute atomic E-state index is 0.0585. The van der Waals surface area contributed by atoms with Gasteiger partial charge in [0.05, 0.1) is 23.7 Å². The van der Waals surface area contributed by atoms with Crippen LogP contribution in [0.15, 0.2) is 126 Å². The Morgan fingerprint density at radius 1 is 0.831 bits per heavy atom. The summed E-state index contributed by atoms with van der Waals surface area (Å²) in [6.07, 6.45) is 0.515. The molecule has 1 unspecified atom stereocenters. The highest BCUT2D eigenvalue weighted by molar-refractivity contribution is 5.91. The fourth-order valence-electron chi connectivity index (χ4n) is 8.05. The van der Waals surface area contributed by atoms with E-state index in [4.69, 9.17) is 4.74 Å². The van der Waals surface area contributed by atoms with Gasteiger partial charge >= 0.3 is 6.09 Å². The number of ether oxygens (including phenoxy) is 1. The lowest BCUT2D eigenvalue weighted by Gasteiger charge is -2.31. The molecule has 1 fully saturated rings. The summed E-state index contributed by atoms with van der Waals surface area (Å²) in [6.45, 7) is 4.83. The largest absolute Gasteiger partial charge is 0.506 e. The molecule has 1 aliphatic rings. The molecule has 65 heavy (non-hydrogen) atoms. The van der Waals surface area contributed by atoms with Gasteiger partial charge in [-0.15, -0.1) is 0 Å². The number of carbonyl (C=O) groups is 3. The minimum Gasteiger partial charge on any atom is -0.506 e. The number of rotatable bonds is 18. The number of aliphatic hydroxyl groups is 1. The molecule has 5 aromatic carbocycles. The number of benzene rings is 5. The molecule has 14 heteroatoms. The summed E-state index contributed by atoms with van der Waals surface area (Å²) in [5.74, 6) is -0.934. The van der Waals surface area contributed by atoms with Crippen LogP contribution in [-0.4, -0.2) is 76.3 Å². The maximum atomic E-state index is 14.8. The molecule has 338 valence electrons. The van der Waals surface area contributed by atoms with Crippen LogP contribution >= 0.6 is 0 Å². The van der Waals surface area contributed by atoms with E-state index >= 15 is 0 Å². The summed E-state index contributed by atoms with van der Waals surface area (Å²) in [5, 5.41) is 33.7. The van der Waals surface area contributed by atoms with Crippen LogP contribution < -0.4 is 26.8 Å². The van der Waals surface area contributed by atoms with Gasteiger partial charge in [0, 0.05) is 68.7 Å². The van der Waals surface area contributed by atoms with Crippen molar-refractivity contribution in [3.8, 4) is 16.9 Å². The number of likely N-dealkylation sites (tertiary alicyclic amines) is 1. The van der Waals surface area contributed by atoms with Crippen molar-refractivity contribution in [2.45, 2.75) is 70.4 Å². The molecule has 0 aliphatic carbocycles. The highest BCUT2D eigenvalue weighted by Gasteiger charge is 2.23. The second-order valence-electron chi connectivity index (χ2n) is 16.5. The zero-order chi connectivity index (χ0) is 45.7. The number of phenolic OH excluding ortho intramolecular Hbond substituents is 1. The Kier molecular flexibility index (Phi) is 15.7. The molecular formula is C51H55FN6O7. The normalized spacial score (nSPS) is 14.1. The van der Waals surface area contributed by atoms with Gasteiger partial charge in [0.15, 0.2) is 0 Å². The van der Waals surface area contributed by atoms with Crippen molar-refractivity contribution in [2.24, 2.45) is 0 Å². The number of anilines is 1. The number of hydrogen-bond acceptors (Lipinski definition) is 9. The number of H-pyrrole nitrogens is 1. The Hall–Kier alpha value is -6.87. The summed E-state index contributed by atoms with van der Waals surface area (Å²) in [6, 6.07) is 35.6. The summed E-state index contributed by atoms with van der Waals surface area (Å²) in [5.41, 5.74) is 5.97. The van der Waals surface area contributed by atoms with Gasteiger partial charge < -0.3 is 40.8 Å². The van der Waals surface area contributed by atoms with E-state index in [1.54, 1.807) is 24.3 Å². The molecule has 2 atom stereocenters. The monoisotopic (exact) mass is 882 g/mol. The molecule has 1 aliphatic heterocycles. The van der Waals surface area contributed by atoms with E-state index in [0.29, 0.717) is 55.4 Å². The maximum absolute atomic E-state index is 14.8. The first kappa shape index (κ1) is 46.1. The fourth-order valence-corrected chi connectivity index (χ4v) is 8.05. The van der Waals surface area contributed by atoms with Gasteiger partial charge in [-0.1, -0.05) is 91.0 Å². The van der Waals surface area contributed by atoms with Gasteiger partial charge in [0.2, 0.25) is 17.4 Å². The molecule has 1 saturated heterocycles. The number of aromatic hydroxyl groups is 1. The lowest BCUT2D eigenvalue weighted by molar-refractivity contribution is -0.122. The molecule has 0 radical (unpaired) electrons. The molecule has 0 saturated carbocycles. The van der Waals surface area contributed by atoms with Crippen LogP contribution in [0.2, 0.25) is 0 Å². The van der Waals surface area contributed by atoms with Crippen molar-refractivity contribution in [2.75, 3.05) is 31.5 Å². The van der Waals surface area contributed by atoms with E-state index in [-0.39, 0.29) is 65.9 Å². The van der Waals surface area contributed by atoms with Crippen LogP contribution in [0, 0.1) is 5.82 Å². The smallest absolute Gasteiger partial charge is 0.411 e. The maximum Gasteiger partial charge on any atom is 0.411 e. The van der Waals surface area contributed by atoms with Crippen LogP contribution in [0.4, 0.5) is 14.9 Å². The molecule has 0 spiro atoms. The highest BCUT2D eigenvalue weighted by Crippen LogP contribution is 2.30. The lowest BCUT2D eigenvalue weighted by Crippen LogP contribution is -2.40. The van der Waals surface area contributed by atoms with Crippen molar-refractivity contribution in [3.63, 3.8) is 0 Å². The van der Waals surface area contributed by atoms with Crippen molar-refractivity contribution in [3.05, 3.63) is 165 Å². The van der Waals surface area contributed by atoms with Crippen LogP contribution in [-0.2, 0) is 40.3 Å². The Morgan fingerprint density at radius 3 is 2.25 bits per heavy atom. The SMILES string of the molecule is CC(Cc1ccc(F)c(CC(=O)NCc2ccc(CNC(=O)CCN3CCC(OC(=O)Nc4ccccc4-c4ccccc4)CC3)cc2)c1)NC[C@@H](O)c1ccc(O)c2[nH]c(=O)ccc12. The number of phenols is 1. The molecular weight excluding hydrogens is 828 g/mol. The molecule has 0 bridgehead atoms. The number of fused-ring (bicyclic) bond motifs is 1. The van der Waals surface area contributed by atoms with Gasteiger partial charge in [-0.2, -0.15) is 0 Å². The lowest BCUT2D eigenvalue weighted by atomic mass is 10.0. The fraction of sp³-hybridized carbons (Fsp3) is 0.294. The minimum atomic E-state index is -0.922. The van der Waals surface area contributed by atoms with Gasteiger partial charge in [-0.05, 0) is 83.8 Å². The Labute approximate surface area is 377 Å². The van der Waals surface area contributed by atoms with Crippen LogP contribution in [0.5, 0.6) is 5.75 Å². The predicted molar refractivity (Wildman–Crippen MR) is 249 cm³/mol. The third-order valence-corrected chi connectivity index (χ3v) is 11.6. The van der Waals surface area contributed by atoms with E-state index in [1.807, 2.05) is 85.8 Å². The first-order valence-corrected chi connectivity index (χ1v) is 22.0. The van der Waals surface area contributed by atoms with Crippen molar-refractivity contribution >= 4 is 34.5 Å². The second-order valence-corrected chi connectivity index (χ2v) is 16.5. The number of nitrogens with zero attached hydrogens (tertiary/aromatic N) is 1. The van der Waals surface area contributed by atoms with Crippen LogP contribution in [0.25, 0.3) is 22.0 Å². The van der Waals surface area contributed by atoms with Gasteiger partial charge in [-0.3, -0.25) is 19.7 Å². The van der Waals surface area contributed by atoms with Crippen molar-refractivity contribution in [1.82, 2.24) is 25.8 Å². The quantitative estimate of drug-likeness (QED) is 0.0484. The number of carbonyl (C=O) groups excluding carboxylic acids is 3. The number of hydrogen-bond donors (Lipinski definition) is 7. The molecule has 3 amide bonds. The van der Waals surface area contributed by atoms with Crippen LogP contribution in [0.1, 0.15) is 60.1 Å². The number of para-hydroxylation sites is 1. The number of halogens is 1. The van der Waals surface area contributed by atoms with Gasteiger partial charge in [0.25, 0.3) is 0 Å². The third-order valence-electron chi connectivity index (χ3n) is 11.6. The number of piperidine rings is 1. The number of pyridine rings is 1. The Bertz CT molecular complexity index is 2630. The van der Waals surface area contributed by atoms with Crippen molar-refractivity contribution < 1.29 is 33.7 Å². The molecule has 1 aromatic heterocycles. The zero-order valence-corrected chi connectivity index (χ0v) is 36.3. The van der Waals surface area contributed by atoms with Gasteiger partial charge in [0.1, 0.15) is 17.7 Å². The number of amides is 3. The zero-order valence-electron chi connectivity index (χ0n) is 36.3. The summed E-state index contributed by atoms with van der Waals surface area (Å²) in [7, 11) is 0. The Balaban J connectivity index is 0.773. The van der Waals surface area contributed by atoms with E-state index < -0.39 is 18.0 Å². The second kappa shape index (κ2) is 22.2. The predicted octanol–water partition coefficient (Wildman–Crippen LogP) is 6.87. The topological polar surface area (TPSA) is 185 Å². The van der Waals surface area contributed by atoms with Crippen LogP contribution in [0.3, 0.4) is 0 Å². The van der Waals surface area contributed by atoms with E-state index in [2.05, 4.69) is 31.2 Å². The standard InChI is InChI=1S/C51H55FN6O7/c1-33(53-32-46(60)41-16-19-45(59)50-42(41)17-20-48(62)57-50)27-36-15-18-43(52)38(28-36)29-49(63)55-31-35-13-11-34(12-14-35)30-54-47(61)23-26-58-24-21-39(22-25-58)65-51(64)56-44-10-6-5-9-40(44)37-7-3-2-4-8-37/h2-20,28,33,39,46,53,59-60H,21-27,29-32H2,1H3,(H,54,61)(H,55,63)(H,56,64)(H,57,62)/t33?,46-/m1/s1. The average molecular weight is 883 g/mol. The molecule has 2 heterocycles. The Morgan fingerprint density at radius 2 is 1.51 bits per heavy atom. The summed E-state index contributed by atoms with van der Waals surface area (Å²) >= 11 is 0. The number of nitrogens with one attached hydrogen (secondary N) is 5. The van der Waals surface area contributed by atoms with Gasteiger partial charge in [-0.25, -0.2) is 9.18 Å². The highest BCUT2D eigenvalue weighted by atomic mass is 19.1. The van der Waals surface area contributed by atoms with E-state index in [1.165, 1.54) is 18.2 Å². The first-order valence-electron chi connectivity index (χ1n) is 22.0.